The summed E-state index contributed by atoms with van der Waals surface area (Å²) in [5, 5.41) is 14.3. The highest BCUT2D eigenvalue weighted by Gasteiger charge is 2.21. The highest BCUT2D eigenvalue weighted by molar-refractivity contribution is 7.99. The van der Waals surface area contributed by atoms with E-state index in [0.717, 1.165) is 24.6 Å². The average molecular weight is 433 g/mol. The van der Waals surface area contributed by atoms with Crippen LogP contribution in [0.4, 0.5) is 10.7 Å². The van der Waals surface area contributed by atoms with Crippen LogP contribution in [-0.4, -0.2) is 65.3 Å². The van der Waals surface area contributed by atoms with Crippen LogP contribution in [0.5, 0.6) is 0 Å². The van der Waals surface area contributed by atoms with Gasteiger partial charge in [-0.15, -0.1) is 10.2 Å². The minimum absolute atomic E-state index is 0.0745. The summed E-state index contributed by atoms with van der Waals surface area (Å²) >= 11 is 1.26. The van der Waals surface area contributed by atoms with E-state index in [0.29, 0.717) is 37.4 Å². The van der Waals surface area contributed by atoms with Crippen molar-refractivity contribution in [3.63, 3.8) is 0 Å². The SMILES string of the molecule is CC(C)CNC(=O)NC(=O)CSc1nnc(N2CCOCC2)n1Cc1ccccc1. The van der Waals surface area contributed by atoms with Crippen LogP contribution in [0.15, 0.2) is 35.5 Å². The molecule has 0 saturated carbocycles. The van der Waals surface area contributed by atoms with Crippen molar-refractivity contribution in [3.05, 3.63) is 35.9 Å². The number of ether oxygens (including phenoxy) is 1. The van der Waals surface area contributed by atoms with Crippen LogP contribution in [0.3, 0.4) is 0 Å². The summed E-state index contributed by atoms with van der Waals surface area (Å²) in [4.78, 5) is 26.1. The number of nitrogens with one attached hydrogen (secondary N) is 2. The molecular weight excluding hydrogens is 404 g/mol. The molecule has 2 aromatic rings. The van der Waals surface area contributed by atoms with Crippen molar-refractivity contribution >= 4 is 29.6 Å². The third-order valence-corrected chi connectivity index (χ3v) is 5.40. The Morgan fingerprint density at radius 1 is 1.17 bits per heavy atom. The van der Waals surface area contributed by atoms with Crippen molar-refractivity contribution in [1.29, 1.82) is 0 Å². The predicted molar refractivity (Wildman–Crippen MR) is 116 cm³/mol. The Balaban J connectivity index is 1.66. The second-order valence-electron chi connectivity index (χ2n) is 7.39. The molecule has 1 saturated heterocycles. The number of carbonyl (C=O) groups excluding carboxylic acids is 2. The van der Waals surface area contributed by atoms with Crippen LogP contribution in [0, 0.1) is 5.92 Å². The van der Waals surface area contributed by atoms with E-state index in [1.807, 2.05) is 48.7 Å². The molecular formula is C20H28N6O3S. The molecule has 0 bridgehead atoms. The van der Waals surface area contributed by atoms with Crippen LogP contribution in [0.2, 0.25) is 0 Å². The molecule has 0 atom stereocenters. The lowest BCUT2D eigenvalue weighted by atomic mass is 10.2. The van der Waals surface area contributed by atoms with Gasteiger partial charge in [0, 0.05) is 19.6 Å². The molecule has 3 rings (SSSR count). The van der Waals surface area contributed by atoms with Gasteiger partial charge in [0.05, 0.1) is 25.5 Å². The Morgan fingerprint density at radius 2 is 1.90 bits per heavy atom. The topological polar surface area (TPSA) is 101 Å². The van der Waals surface area contributed by atoms with Crippen molar-refractivity contribution in [2.24, 2.45) is 5.92 Å². The van der Waals surface area contributed by atoms with E-state index in [-0.39, 0.29) is 11.7 Å². The Kier molecular flexibility index (Phi) is 8.09. The lowest BCUT2D eigenvalue weighted by Gasteiger charge is -2.28. The lowest BCUT2D eigenvalue weighted by Crippen LogP contribution is -2.41. The van der Waals surface area contributed by atoms with E-state index in [1.54, 1.807) is 0 Å². The molecule has 0 unspecified atom stereocenters. The van der Waals surface area contributed by atoms with Gasteiger partial charge in [-0.05, 0) is 11.5 Å². The van der Waals surface area contributed by atoms with E-state index in [1.165, 1.54) is 11.8 Å². The largest absolute Gasteiger partial charge is 0.378 e. The zero-order valence-electron chi connectivity index (χ0n) is 17.3. The molecule has 1 aliphatic rings. The fourth-order valence-electron chi connectivity index (χ4n) is 2.92. The summed E-state index contributed by atoms with van der Waals surface area (Å²) in [6, 6.07) is 9.57. The standard InChI is InChI=1S/C20H28N6O3S/c1-15(2)12-21-18(28)22-17(27)14-30-20-24-23-19(25-8-10-29-11-9-25)26(20)13-16-6-4-3-5-7-16/h3-7,15H,8-14H2,1-2H3,(H2,21,22,27,28). The molecule has 2 heterocycles. The normalized spacial score (nSPS) is 14.0. The number of amides is 3. The van der Waals surface area contributed by atoms with Gasteiger partial charge in [0.2, 0.25) is 11.9 Å². The summed E-state index contributed by atoms with van der Waals surface area (Å²) in [5.41, 5.74) is 1.12. The monoisotopic (exact) mass is 432 g/mol. The molecule has 1 fully saturated rings. The Labute approximate surface area is 180 Å². The number of thioether (sulfide) groups is 1. The highest BCUT2D eigenvalue weighted by atomic mass is 32.2. The molecule has 0 aliphatic carbocycles. The number of imide groups is 1. The third-order valence-electron chi connectivity index (χ3n) is 4.43. The molecule has 1 aromatic heterocycles. The van der Waals surface area contributed by atoms with E-state index >= 15 is 0 Å². The van der Waals surface area contributed by atoms with Gasteiger partial charge < -0.3 is 15.0 Å². The first-order valence-electron chi connectivity index (χ1n) is 10.0. The lowest BCUT2D eigenvalue weighted by molar-refractivity contribution is -0.117. The van der Waals surface area contributed by atoms with Crippen molar-refractivity contribution in [2.45, 2.75) is 25.5 Å². The quantitative estimate of drug-likeness (QED) is 0.613. The predicted octanol–water partition coefficient (Wildman–Crippen LogP) is 1.74. The molecule has 2 N–H and O–H groups in total. The number of hydrogen-bond donors (Lipinski definition) is 2. The first kappa shape index (κ1) is 22.1. The van der Waals surface area contributed by atoms with Crippen LogP contribution in [0.1, 0.15) is 19.4 Å². The van der Waals surface area contributed by atoms with Crippen LogP contribution in [0.25, 0.3) is 0 Å². The number of nitrogens with zero attached hydrogens (tertiary/aromatic N) is 4. The molecule has 9 nitrogen and oxygen atoms in total. The van der Waals surface area contributed by atoms with Gasteiger partial charge in [-0.25, -0.2) is 4.79 Å². The Bertz CT molecular complexity index is 836. The minimum atomic E-state index is -0.478. The second kappa shape index (κ2) is 11.0. The molecule has 0 radical (unpaired) electrons. The molecule has 30 heavy (non-hydrogen) atoms. The zero-order valence-corrected chi connectivity index (χ0v) is 18.2. The van der Waals surface area contributed by atoms with E-state index < -0.39 is 6.03 Å². The van der Waals surface area contributed by atoms with Crippen molar-refractivity contribution < 1.29 is 14.3 Å². The van der Waals surface area contributed by atoms with Gasteiger partial charge in [-0.1, -0.05) is 55.9 Å². The smallest absolute Gasteiger partial charge is 0.321 e. The van der Waals surface area contributed by atoms with Crippen LogP contribution < -0.4 is 15.5 Å². The average Bonchev–Trinajstić information content (AvgIpc) is 3.14. The fourth-order valence-corrected chi connectivity index (χ4v) is 3.66. The maximum Gasteiger partial charge on any atom is 0.321 e. The number of anilines is 1. The molecule has 10 heteroatoms. The highest BCUT2D eigenvalue weighted by Crippen LogP contribution is 2.24. The summed E-state index contributed by atoms with van der Waals surface area (Å²) in [7, 11) is 0. The van der Waals surface area contributed by atoms with Crippen LogP contribution >= 0.6 is 11.8 Å². The van der Waals surface area contributed by atoms with Gasteiger partial charge in [0.1, 0.15) is 0 Å². The van der Waals surface area contributed by atoms with Gasteiger partial charge in [0.25, 0.3) is 0 Å². The second-order valence-corrected chi connectivity index (χ2v) is 8.34. The van der Waals surface area contributed by atoms with Crippen LogP contribution in [-0.2, 0) is 16.1 Å². The van der Waals surface area contributed by atoms with Gasteiger partial charge in [-0.2, -0.15) is 0 Å². The molecule has 162 valence electrons. The van der Waals surface area contributed by atoms with Gasteiger partial charge >= 0.3 is 6.03 Å². The Hall–Kier alpha value is -2.59. The number of hydrogen-bond acceptors (Lipinski definition) is 7. The number of morpholine rings is 1. The Morgan fingerprint density at radius 3 is 2.60 bits per heavy atom. The maximum absolute atomic E-state index is 12.2. The fraction of sp³-hybridized carbons (Fsp3) is 0.500. The molecule has 3 amide bonds. The van der Waals surface area contributed by atoms with E-state index in [4.69, 9.17) is 4.74 Å². The third kappa shape index (κ3) is 6.46. The van der Waals surface area contributed by atoms with Gasteiger partial charge in [0.15, 0.2) is 5.16 Å². The molecule has 0 spiro atoms. The van der Waals surface area contributed by atoms with Crippen molar-refractivity contribution in [2.75, 3.05) is 43.5 Å². The summed E-state index contributed by atoms with van der Waals surface area (Å²) < 4.78 is 7.45. The summed E-state index contributed by atoms with van der Waals surface area (Å²) in [6.07, 6.45) is 0. The number of aromatic nitrogens is 3. The van der Waals surface area contributed by atoms with E-state index in [2.05, 4.69) is 25.7 Å². The summed E-state index contributed by atoms with van der Waals surface area (Å²) in [6.45, 7) is 7.87. The molecule has 1 aliphatic heterocycles. The van der Waals surface area contributed by atoms with Crippen molar-refractivity contribution in [1.82, 2.24) is 25.4 Å². The first-order valence-corrected chi connectivity index (χ1v) is 11.0. The van der Waals surface area contributed by atoms with Gasteiger partial charge in [-0.3, -0.25) is 14.7 Å². The molecule has 1 aromatic carbocycles. The van der Waals surface area contributed by atoms with Crippen molar-refractivity contribution in [3.8, 4) is 0 Å². The van der Waals surface area contributed by atoms with E-state index in [9.17, 15) is 9.59 Å². The number of carbonyl (C=O) groups is 2. The number of urea groups is 1. The minimum Gasteiger partial charge on any atom is -0.378 e. The summed E-state index contributed by atoms with van der Waals surface area (Å²) in [5.74, 6) is 0.782. The number of rotatable bonds is 8. The first-order chi connectivity index (χ1) is 14.5. The number of benzene rings is 1. The zero-order chi connectivity index (χ0) is 21.3. The maximum atomic E-state index is 12.2.